The van der Waals surface area contributed by atoms with Gasteiger partial charge in [-0.15, -0.1) is 0 Å². The molecule has 3 aromatic carbocycles. The Bertz CT molecular complexity index is 1750. The Morgan fingerprint density at radius 3 is 1.91 bits per heavy atom. The van der Waals surface area contributed by atoms with E-state index >= 15 is 0 Å². The number of esters is 2. The molecule has 1 aliphatic heterocycles. The van der Waals surface area contributed by atoms with Crippen LogP contribution in [0.3, 0.4) is 0 Å². The van der Waals surface area contributed by atoms with Crippen LogP contribution in [0.15, 0.2) is 112 Å². The Balaban J connectivity index is 1.46. The highest BCUT2D eigenvalue weighted by atomic mass is 16.5. The highest BCUT2D eigenvalue weighted by Crippen LogP contribution is 2.29. The fourth-order valence-corrected chi connectivity index (χ4v) is 4.36. The standard InChI is InChI=1S/C34H24N2O7/c1-21-28(31(37)36-32(38)29(21)18-35)17-27-12-13-30(43-27)24-14-25(33(39)41-19-22-8-4-2-5-9-22)16-26(15-24)34(40)42-20-23-10-6-3-7-11-23/h2-17H,19-20H2,1H3,(H,36,37,38)/b28-17-. The first-order valence-corrected chi connectivity index (χ1v) is 13.2. The summed E-state index contributed by atoms with van der Waals surface area (Å²) in [6, 6.07) is 27.8. The van der Waals surface area contributed by atoms with Crippen LogP contribution in [0.2, 0.25) is 0 Å². The summed E-state index contributed by atoms with van der Waals surface area (Å²) in [5.74, 6) is -2.18. The lowest BCUT2D eigenvalue weighted by molar-refractivity contribution is -0.126. The molecule has 0 radical (unpaired) electrons. The third kappa shape index (κ3) is 6.66. The molecule has 2 amide bonds. The van der Waals surface area contributed by atoms with E-state index in [1.165, 1.54) is 31.2 Å². The lowest BCUT2D eigenvalue weighted by Gasteiger charge is -2.15. The number of nitrogens with one attached hydrogen (secondary N) is 1. The zero-order valence-corrected chi connectivity index (χ0v) is 23.0. The van der Waals surface area contributed by atoms with E-state index in [0.29, 0.717) is 5.56 Å². The van der Waals surface area contributed by atoms with E-state index in [0.717, 1.165) is 11.1 Å². The number of furan rings is 1. The fourth-order valence-electron chi connectivity index (χ4n) is 4.36. The van der Waals surface area contributed by atoms with Crippen molar-refractivity contribution >= 4 is 29.8 Å². The average molecular weight is 573 g/mol. The van der Waals surface area contributed by atoms with Gasteiger partial charge in [0.05, 0.1) is 11.1 Å². The Labute approximate surface area is 246 Å². The molecule has 9 heteroatoms. The summed E-state index contributed by atoms with van der Waals surface area (Å²) in [5.41, 5.74) is 2.36. The number of imide groups is 1. The van der Waals surface area contributed by atoms with Gasteiger partial charge in [0.15, 0.2) is 0 Å². The number of rotatable bonds is 8. The van der Waals surface area contributed by atoms with Gasteiger partial charge in [-0.2, -0.15) is 5.26 Å². The Morgan fingerprint density at radius 1 is 0.814 bits per heavy atom. The highest BCUT2D eigenvalue weighted by Gasteiger charge is 2.28. The van der Waals surface area contributed by atoms with Gasteiger partial charge in [0.1, 0.15) is 36.4 Å². The molecule has 5 rings (SSSR count). The number of hydrogen-bond donors (Lipinski definition) is 1. The van der Waals surface area contributed by atoms with E-state index in [1.807, 2.05) is 60.7 Å². The SMILES string of the molecule is CC1=C(C#N)C(=O)NC(=O)/C1=C\c1ccc(-c2cc(C(=O)OCc3ccccc3)cc(C(=O)OCc3ccccc3)c2)o1. The van der Waals surface area contributed by atoms with Gasteiger partial charge in [-0.05, 0) is 60.0 Å². The number of nitrogens with zero attached hydrogens (tertiary/aromatic N) is 1. The van der Waals surface area contributed by atoms with E-state index in [9.17, 15) is 24.4 Å². The molecule has 0 unspecified atom stereocenters. The molecule has 4 aromatic rings. The number of carbonyl (C=O) groups excluding carboxylic acids is 4. The van der Waals surface area contributed by atoms with Gasteiger partial charge >= 0.3 is 11.9 Å². The molecule has 2 heterocycles. The van der Waals surface area contributed by atoms with Crippen LogP contribution >= 0.6 is 0 Å². The van der Waals surface area contributed by atoms with Gasteiger partial charge in [-0.25, -0.2) is 9.59 Å². The molecule has 1 aromatic heterocycles. The maximum Gasteiger partial charge on any atom is 0.338 e. The molecule has 1 aliphatic rings. The largest absolute Gasteiger partial charge is 0.457 e. The summed E-state index contributed by atoms with van der Waals surface area (Å²) in [6.07, 6.45) is 1.41. The van der Waals surface area contributed by atoms with E-state index < -0.39 is 23.8 Å². The second kappa shape index (κ2) is 12.7. The van der Waals surface area contributed by atoms with Gasteiger partial charge < -0.3 is 13.9 Å². The first-order valence-electron chi connectivity index (χ1n) is 13.2. The fraction of sp³-hybridized carbons (Fsp3) is 0.0882. The summed E-state index contributed by atoms with van der Waals surface area (Å²) in [4.78, 5) is 50.5. The molecular weight excluding hydrogens is 548 g/mol. The minimum atomic E-state index is -0.759. The number of hydrogen-bond acceptors (Lipinski definition) is 8. The molecule has 0 aliphatic carbocycles. The van der Waals surface area contributed by atoms with Crippen molar-refractivity contribution in [2.24, 2.45) is 0 Å². The highest BCUT2D eigenvalue weighted by molar-refractivity contribution is 6.19. The maximum atomic E-state index is 13.1. The molecule has 0 atom stereocenters. The number of benzene rings is 3. The minimum absolute atomic E-state index is 0.0400. The molecule has 0 spiro atoms. The van der Waals surface area contributed by atoms with E-state index in [4.69, 9.17) is 13.9 Å². The third-order valence-electron chi connectivity index (χ3n) is 6.62. The summed E-state index contributed by atoms with van der Waals surface area (Å²) >= 11 is 0. The molecule has 0 bridgehead atoms. The van der Waals surface area contributed by atoms with Crippen LogP contribution in [-0.2, 0) is 32.3 Å². The second-order valence-electron chi connectivity index (χ2n) is 9.58. The first kappa shape index (κ1) is 28.5. The Morgan fingerprint density at radius 2 is 1.37 bits per heavy atom. The summed E-state index contributed by atoms with van der Waals surface area (Å²) in [6.45, 7) is 1.58. The van der Waals surface area contributed by atoms with Gasteiger partial charge in [0.2, 0.25) is 0 Å². The molecule has 0 saturated carbocycles. The van der Waals surface area contributed by atoms with Crippen LogP contribution in [0.1, 0.15) is 44.5 Å². The summed E-state index contributed by atoms with van der Waals surface area (Å²) in [5, 5.41) is 11.4. The molecular formula is C34H24N2O7. The lowest BCUT2D eigenvalue weighted by Crippen LogP contribution is -2.37. The smallest absolute Gasteiger partial charge is 0.338 e. The van der Waals surface area contributed by atoms with Gasteiger partial charge in [-0.3, -0.25) is 14.9 Å². The van der Waals surface area contributed by atoms with Crippen LogP contribution in [-0.4, -0.2) is 23.8 Å². The molecule has 212 valence electrons. The number of nitriles is 1. The van der Waals surface area contributed by atoms with Gasteiger partial charge in [0.25, 0.3) is 11.8 Å². The second-order valence-corrected chi connectivity index (χ2v) is 9.58. The zero-order chi connectivity index (χ0) is 30.3. The van der Waals surface area contributed by atoms with Crippen molar-refractivity contribution in [2.45, 2.75) is 20.1 Å². The Hall–Kier alpha value is -6.01. The van der Waals surface area contributed by atoms with E-state index in [1.54, 1.807) is 18.2 Å². The van der Waals surface area contributed by atoms with Crippen LogP contribution in [0.25, 0.3) is 17.4 Å². The van der Waals surface area contributed by atoms with E-state index in [2.05, 4.69) is 5.32 Å². The van der Waals surface area contributed by atoms with Crippen molar-refractivity contribution in [1.82, 2.24) is 5.32 Å². The van der Waals surface area contributed by atoms with Crippen LogP contribution in [0, 0.1) is 11.3 Å². The van der Waals surface area contributed by atoms with Crippen molar-refractivity contribution < 1.29 is 33.1 Å². The molecule has 9 nitrogen and oxygen atoms in total. The van der Waals surface area contributed by atoms with Crippen molar-refractivity contribution in [3.63, 3.8) is 0 Å². The first-order chi connectivity index (χ1) is 20.8. The number of carbonyl (C=O) groups is 4. The topological polar surface area (TPSA) is 136 Å². The normalized spacial score (nSPS) is 13.8. The van der Waals surface area contributed by atoms with Crippen molar-refractivity contribution in [3.05, 3.63) is 136 Å². The predicted octanol–water partition coefficient (Wildman–Crippen LogP) is 5.54. The monoisotopic (exact) mass is 572 g/mol. The minimum Gasteiger partial charge on any atom is -0.457 e. The van der Waals surface area contributed by atoms with E-state index in [-0.39, 0.29) is 52.6 Å². The quantitative estimate of drug-likeness (QED) is 0.165. The van der Waals surface area contributed by atoms with Crippen molar-refractivity contribution in [1.29, 1.82) is 5.26 Å². The molecule has 0 saturated heterocycles. The molecule has 43 heavy (non-hydrogen) atoms. The summed E-state index contributed by atoms with van der Waals surface area (Å²) < 4.78 is 16.9. The average Bonchev–Trinajstić information content (AvgIpc) is 3.50. The van der Waals surface area contributed by atoms with Crippen LogP contribution in [0.5, 0.6) is 0 Å². The van der Waals surface area contributed by atoms with Crippen molar-refractivity contribution in [3.8, 4) is 17.4 Å². The van der Waals surface area contributed by atoms with Gasteiger partial charge in [-0.1, -0.05) is 60.7 Å². The maximum absolute atomic E-state index is 13.1. The van der Waals surface area contributed by atoms with Gasteiger partial charge in [0, 0.05) is 11.1 Å². The summed E-state index contributed by atoms with van der Waals surface area (Å²) in [7, 11) is 0. The van der Waals surface area contributed by atoms with Crippen LogP contribution in [0.4, 0.5) is 0 Å². The van der Waals surface area contributed by atoms with Crippen LogP contribution < -0.4 is 5.32 Å². The molecule has 1 N–H and O–H groups in total. The van der Waals surface area contributed by atoms with Crippen molar-refractivity contribution in [2.75, 3.05) is 0 Å². The third-order valence-corrected chi connectivity index (χ3v) is 6.62. The number of amides is 2. The number of ether oxygens (including phenoxy) is 2. The molecule has 0 fully saturated rings. The predicted molar refractivity (Wildman–Crippen MR) is 155 cm³/mol. The zero-order valence-electron chi connectivity index (χ0n) is 23.0. The Kier molecular flexibility index (Phi) is 8.40. The lowest BCUT2D eigenvalue weighted by atomic mass is 9.96.